The normalized spacial score (nSPS) is 10.4. The third kappa shape index (κ3) is 2.09. The Bertz CT molecular complexity index is 407. The molecule has 0 saturated heterocycles. The van der Waals surface area contributed by atoms with Crippen molar-refractivity contribution in [3.63, 3.8) is 0 Å². The summed E-state index contributed by atoms with van der Waals surface area (Å²) in [5, 5.41) is 17.7. The first-order chi connectivity index (χ1) is 6.69. The van der Waals surface area contributed by atoms with Gasteiger partial charge in [-0.05, 0) is 17.7 Å². The molecule has 0 atom stereocenters. The number of hydrogen-bond acceptors (Lipinski definition) is 3. The van der Waals surface area contributed by atoms with E-state index in [4.69, 9.17) is 16.1 Å². The van der Waals surface area contributed by atoms with E-state index in [2.05, 4.69) is 0 Å². The minimum absolute atomic E-state index is 0.0818. The number of phenolic OH excluding ortho intramolecular Hbond substituents is 1. The summed E-state index contributed by atoms with van der Waals surface area (Å²) >= 11 is 0. The fraction of sp³-hybridized carbons (Fsp3) is 0.100. The molecule has 1 rings (SSSR count). The molecule has 0 heterocycles. The third-order valence-corrected chi connectivity index (χ3v) is 1.65. The fourth-order valence-corrected chi connectivity index (χ4v) is 1.01. The van der Waals surface area contributed by atoms with Crippen LogP contribution in [-0.4, -0.2) is 11.7 Å². The van der Waals surface area contributed by atoms with Crippen LogP contribution in [0, 0.1) is 17.1 Å². The average molecular weight is 192 g/mol. The van der Waals surface area contributed by atoms with Crippen molar-refractivity contribution < 1.29 is 9.50 Å². The van der Waals surface area contributed by atoms with Gasteiger partial charge in [0, 0.05) is 6.54 Å². The van der Waals surface area contributed by atoms with E-state index in [9.17, 15) is 4.39 Å². The number of benzene rings is 1. The van der Waals surface area contributed by atoms with Crippen molar-refractivity contribution in [3.05, 3.63) is 35.2 Å². The van der Waals surface area contributed by atoms with E-state index in [1.54, 1.807) is 18.2 Å². The number of phenols is 1. The van der Waals surface area contributed by atoms with Gasteiger partial charge in [0.15, 0.2) is 11.6 Å². The second-order valence-electron chi connectivity index (χ2n) is 2.65. The summed E-state index contributed by atoms with van der Waals surface area (Å²) < 4.78 is 13.0. The van der Waals surface area contributed by atoms with Crippen LogP contribution in [0.3, 0.4) is 0 Å². The molecule has 3 N–H and O–H groups in total. The van der Waals surface area contributed by atoms with E-state index in [-0.39, 0.29) is 5.56 Å². The third-order valence-electron chi connectivity index (χ3n) is 1.65. The van der Waals surface area contributed by atoms with Gasteiger partial charge < -0.3 is 10.8 Å². The lowest BCUT2D eigenvalue weighted by atomic mass is 10.1. The molecular weight excluding hydrogens is 183 g/mol. The monoisotopic (exact) mass is 192 g/mol. The molecule has 0 fully saturated rings. The highest BCUT2D eigenvalue weighted by molar-refractivity contribution is 5.56. The number of aromatic hydroxyl groups is 1. The van der Waals surface area contributed by atoms with E-state index >= 15 is 0 Å². The number of nitrogens with two attached hydrogens (primary N) is 1. The quantitative estimate of drug-likeness (QED) is 0.743. The highest BCUT2D eigenvalue weighted by atomic mass is 19.1. The molecule has 0 aliphatic carbocycles. The van der Waals surface area contributed by atoms with Gasteiger partial charge in [0.05, 0.1) is 5.56 Å². The van der Waals surface area contributed by atoms with Gasteiger partial charge in [-0.15, -0.1) is 0 Å². The molecule has 0 unspecified atom stereocenters. The molecule has 0 aliphatic rings. The Kier molecular flexibility index (Phi) is 3.21. The summed E-state index contributed by atoms with van der Waals surface area (Å²) in [6.45, 7) is 0.338. The first-order valence-electron chi connectivity index (χ1n) is 3.98. The molecule has 3 nitrogen and oxygen atoms in total. The van der Waals surface area contributed by atoms with Crippen LogP contribution >= 0.6 is 0 Å². The van der Waals surface area contributed by atoms with E-state index in [1.165, 1.54) is 6.07 Å². The molecule has 72 valence electrons. The molecule has 0 saturated carbocycles. The summed E-state index contributed by atoms with van der Waals surface area (Å²) in [6.07, 6.45) is 3.22. The highest BCUT2D eigenvalue weighted by Crippen LogP contribution is 2.22. The Morgan fingerprint density at radius 1 is 1.57 bits per heavy atom. The number of rotatable bonds is 2. The molecule has 0 aliphatic heterocycles. The largest absolute Gasteiger partial charge is 0.504 e. The average Bonchev–Trinajstić information content (AvgIpc) is 2.19. The molecule has 0 aromatic heterocycles. The number of nitrogens with zero attached hydrogens (tertiary/aromatic N) is 1. The highest BCUT2D eigenvalue weighted by Gasteiger charge is 2.07. The topological polar surface area (TPSA) is 70.0 Å². The molecule has 0 radical (unpaired) electrons. The zero-order chi connectivity index (χ0) is 10.6. The minimum Gasteiger partial charge on any atom is -0.504 e. The van der Waals surface area contributed by atoms with Crippen LogP contribution < -0.4 is 5.73 Å². The van der Waals surface area contributed by atoms with E-state index in [0.29, 0.717) is 12.1 Å². The van der Waals surface area contributed by atoms with Crippen molar-refractivity contribution in [2.24, 2.45) is 5.73 Å². The van der Waals surface area contributed by atoms with E-state index < -0.39 is 11.6 Å². The van der Waals surface area contributed by atoms with Crippen molar-refractivity contribution >= 4 is 6.08 Å². The fourth-order valence-electron chi connectivity index (χ4n) is 1.01. The Morgan fingerprint density at radius 3 is 2.86 bits per heavy atom. The summed E-state index contributed by atoms with van der Waals surface area (Å²) in [4.78, 5) is 0. The summed E-state index contributed by atoms with van der Waals surface area (Å²) in [6, 6.07) is 4.23. The van der Waals surface area contributed by atoms with Crippen molar-refractivity contribution in [3.8, 4) is 11.8 Å². The SMILES string of the molecule is N#Cc1cc(/C=C/CN)cc(F)c1O. The van der Waals surface area contributed by atoms with Crippen molar-refractivity contribution in [2.75, 3.05) is 6.54 Å². The lowest BCUT2D eigenvalue weighted by molar-refractivity contribution is 0.430. The molecule has 4 heteroatoms. The molecule has 0 spiro atoms. The second-order valence-corrected chi connectivity index (χ2v) is 2.65. The second kappa shape index (κ2) is 4.40. The Balaban J connectivity index is 3.18. The summed E-state index contributed by atoms with van der Waals surface area (Å²) in [5.41, 5.74) is 5.64. The van der Waals surface area contributed by atoms with Gasteiger partial charge in [0.2, 0.25) is 0 Å². The zero-order valence-electron chi connectivity index (χ0n) is 7.37. The molecule has 1 aromatic rings. The van der Waals surface area contributed by atoms with Crippen LogP contribution in [0.2, 0.25) is 0 Å². The van der Waals surface area contributed by atoms with Crippen molar-refractivity contribution in [1.29, 1.82) is 5.26 Å². The lowest BCUT2D eigenvalue weighted by Gasteiger charge is -1.99. The van der Waals surface area contributed by atoms with Crippen LogP contribution in [0.1, 0.15) is 11.1 Å². The van der Waals surface area contributed by atoms with Gasteiger partial charge in [-0.1, -0.05) is 12.2 Å². The standard InChI is InChI=1S/C10H9FN2O/c11-9-5-7(2-1-3-12)4-8(6-13)10(9)14/h1-2,4-5,14H,3,12H2/b2-1+. The van der Waals surface area contributed by atoms with Gasteiger partial charge in [0.1, 0.15) is 6.07 Å². The Hall–Kier alpha value is -1.86. The molecule has 0 amide bonds. The van der Waals surface area contributed by atoms with Gasteiger partial charge in [-0.3, -0.25) is 0 Å². The van der Waals surface area contributed by atoms with Crippen molar-refractivity contribution in [2.45, 2.75) is 0 Å². The number of nitriles is 1. The van der Waals surface area contributed by atoms with Gasteiger partial charge >= 0.3 is 0 Å². The van der Waals surface area contributed by atoms with Gasteiger partial charge in [0.25, 0.3) is 0 Å². The first kappa shape index (κ1) is 10.2. The zero-order valence-corrected chi connectivity index (χ0v) is 7.37. The van der Waals surface area contributed by atoms with E-state index in [0.717, 1.165) is 6.07 Å². The van der Waals surface area contributed by atoms with Crippen molar-refractivity contribution in [1.82, 2.24) is 0 Å². The molecular formula is C10H9FN2O. The minimum atomic E-state index is -0.805. The maximum Gasteiger partial charge on any atom is 0.169 e. The Morgan fingerprint density at radius 2 is 2.29 bits per heavy atom. The van der Waals surface area contributed by atoms with Crippen LogP contribution in [0.5, 0.6) is 5.75 Å². The predicted molar refractivity (Wildman–Crippen MR) is 50.9 cm³/mol. The summed E-state index contributed by atoms with van der Waals surface area (Å²) in [5.74, 6) is -1.42. The van der Waals surface area contributed by atoms with Crippen LogP contribution in [0.25, 0.3) is 6.08 Å². The lowest BCUT2D eigenvalue weighted by Crippen LogP contribution is -1.92. The Labute approximate surface area is 80.9 Å². The smallest absolute Gasteiger partial charge is 0.169 e. The molecule has 1 aromatic carbocycles. The van der Waals surface area contributed by atoms with Crippen LogP contribution in [-0.2, 0) is 0 Å². The number of hydrogen-bond donors (Lipinski definition) is 2. The summed E-state index contributed by atoms with van der Waals surface area (Å²) in [7, 11) is 0. The van der Waals surface area contributed by atoms with Gasteiger partial charge in [-0.25, -0.2) is 4.39 Å². The molecule has 0 bridgehead atoms. The first-order valence-corrected chi connectivity index (χ1v) is 3.98. The predicted octanol–water partition coefficient (Wildman–Crippen LogP) is 1.37. The van der Waals surface area contributed by atoms with Crippen LogP contribution in [0.4, 0.5) is 4.39 Å². The maximum absolute atomic E-state index is 13.0. The maximum atomic E-state index is 13.0. The van der Waals surface area contributed by atoms with Gasteiger partial charge in [-0.2, -0.15) is 5.26 Å². The number of halogens is 1. The molecule has 14 heavy (non-hydrogen) atoms. The van der Waals surface area contributed by atoms with Crippen LogP contribution in [0.15, 0.2) is 18.2 Å². The van der Waals surface area contributed by atoms with E-state index in [1.807, 2.05) is 0 Å².